The van der Waals surface area contributed by atoms with Gasteiger partial charge in [-0.15, -0.1) is 0 Å². The molecule has 0 aromatic rings. The third-order valence-corrected chi connectivity index (χ3v) is 3.36. The highest BCUT2D eigenvalue weighted by molar-refractivity contribution is 5.83. The summed E-state index contributed by atoms with van der Waals surface area (Å²) in [6.45, 7) is 1.66. The second kappa shape index (κ2) is 10.4. The monoisotopic (exact) mass is 282 g/mol. The molecule has 0 aromatic heterocycles. The van der Waals surface area contributed by atoms with Gasteiger partial charge in [0.05, 0.1) is 6.61 Å². The molecule has 2 amide bonds. The standard InChI is InChI=1S/C15H26N2O3/c1-20-12-11-17-15(19)8-7-14(18)16-10-9-13-5-3-2-4-6-13/h5H,2-4,6-12H2,1H3,(H,16,18)(H,17,19). The lowest BCUT2D eigenvalue weighted by Crippen LogP contribution is -2.30. The zero-order valence-corrected chi connectivity index (χ0v) is 12.4. The summed E-state index contributed by atoms with van der Waals surface area (Å²) in [6.07, 6.45) is 8.60. The largest absolute Gasteiger partial charge is 0.383 e. The maximum Gasteiger partial charge on any atom is 0.220 e. The molecule has 0 saturated carbocycles. The Kier molecular flexibility index (Phi) is 8.71. The molecule has 0 aromatic carbocycles. The molecule has 1 aliphatic rings. The van der Waals surface area contributed by atoms with Crippen LogP contribution in [0.15, 0.2) is 11.6 Å². The van der Waals surface area contributed by atoms with Gasteiger partial charge >= 0.3 is 0 Å². The summed E-state index contributed by atoms with van der Waals surface area (Å²) in [4.78, 5) is 23.0. The lowest BCUT2D eigenvalue weighted by molar-refractivity contribution is -0.126. The lowest BCUT2D eigenvalue weighted by Gasteiger charge is -2.12. The molecule has 20 heavy (non-hydrogen) atoms. The number of carbonyl (C=O) groups excluding carboxylic acids is 2. The lowest BCUT2D eigenvalue weighted by atomic mass is 9.97. The van der Waals surface area contributed by atoms with Crippen LogP contribution in [0.25, 0.3) is 0 Å². The third kappa shape index (κ3) is 7.94. The second-order valence-corrected chi connectivity index (χ2v) is 5.05. The number of nitrogens with one attached hydrogen (secondary N) is 2. The van der Waals surface area contributed by atoms with Crippen molar-refractivity contribution < 1.29 is 14.3 Å². The highest BCUT2D eigenvalue weighted by Gasteiger charge is 2.07. The van der Waals surface area contributed by atoms with Gasteiger partial charge in [0.1, 0.15) is 0 Å². The van der Waals surface area contributed by atoms with E-state index >= 15 is 0 Å². The van der Waals surface area contributed by atoms with E-state index in [4.69, 9.17) is 4.74 Å². The molecular formula is C15H26N2O3. The van der Waals surface area contributed by atoms with Crippen LogP contribution in [0.3, 0.4) is 0 Å². The Bertz CT molecular complexity index is 340. The smallest absolute Gasteiger partial charge is 0.220 e. The van der Waals surface area contributed by atoms with Crippen LogP contribution in [-0.2, 0) is 14.3 Å². The van der Waals surface area contributed by atoms with Crippen molar-refractivity contribution in [1.82, 2.24) is 10.6 Å². The molecular weight excluding hydrogens is 256 g/mol. The maximum atomic E-state index is 11.6. The van der Waals surface area contributed by atoms with Crippen LogP contribution in [-0.4, -0.2) is 38.6 Å². The average molecular weight is 282 g/mol. The van der Waals surface area contributed by atoms with E-state index in [1.165, 1.54) is 24.8 Å². The van der Waals surface area contributed by atoms with E-state index in [2.05, 4.69) is 16.7 Å². The van der Waals surface area contributed by atoms with Crippen molar-refractivity contribution in [3.8, 4) is 0 Å². The van der Waals surface area contributed by atoms with Crippen LogP contribution in [0.2, 0.25) is 0 Å². The molecule has 0 spiro atoms. The molecule has 114 valence electrons. The fourth-order valence-electron chi connectivity index (χ4n) is 2.19. The van der Waals surface area contributed by atoms with Gasteiger partial charge in [-0.3, -0.25) is 9.59 Å². The van der Waals surface area contributed by atoms with Gasteiger partial charge in [0.25, 0.3) is 0 Å². The number of hydrogen-bond acceptors (Lipinski definition) is 3. The quantitative estimate of drug-likeness (QED) is 0.498. The fraction of sp³-hybridized carbons (Fsp3) is 0.733. The van der Waals surface area contributed by atoms with Crippen LogP contribution in [0, 0.1) is 0 Å². The molecule has 0 saturated heterocycles. The predicted molar refractivity (Wildman–Crippen MR) is 78.3 cm³/mol. The summed E-state index contributed by atoms with van der Waals surface area (Å²) < 4.78 is 4.83. The van der Waals surface area contributed by atoms with Crippen LogP contribution in [0.1, 0.15) is 44.9 Å². The number of hydrogen-bond donors (Lipinski definition) is 2. The summed E-state index contributed by atoms with van der Waals surface area (Å²) in [5.74, 6) is -0.157. The predicted octanol–water partition coefficient (Wildman–Crippen LogP) is 1.54. The zero-order valence-electron chi connectivity index (χ0n) is 12.4. The first-order valence-electron chi connectivity index (χ1n) is 7.42. The van der Waals surface area contributed by atoms with E-state index in [9.17, 15) is 9.59 Å². The van der Waals surface area contributed by atoms with Gasteiger partial charge in [0, 0.05) is 33.0 Å². The van der Waals surface area contributed by atoms with Crippen molar-refractivity contribution >= 4 is 11.8 Å². The Hall–Kier alpha value is -1.36. The summed E-state index contributed by atoms with van der Waals surface area (Å²) >= 11 is 0. The summed E-state index contributed by atoms with van der Waals surface area (Å²) in [6, 6.07) is 0. The molecule has 0 unspecified atom stereocenters. The van der Waals surface area contributed by atoms with Crippen LogP contribution in [0.4, 0.5) is 0 Å². The molecule has 0 bridgehead atoms. The Morgan fingerprint density at radius 3 is 2.45 bits per heavy atom. The molecule has 0 heterocycles. The van der Waals surface area contributed by atoms with E-state index in [-0.39, 0.29) is 24.7 Å². The first-order chi connectivity index (χ1) is 9.72. The number of amides is 2. The topological polar surface area (TPSA) is 67.4 Å². The highest BCUT2D eigenvalue weighted by atomic mass is 16.5. The average Bonchev–Trinajstić information content (AvgIpc) is 2.46. The maximum absolute atomic E-state index is 11.6. The minimum atomic E-state index is -0.104. The van der Waals surface area contributed by atoms with Crippen molar-refractivity contribution in [1.29, 1.82) is 0 Å². The van der Waals surface area contributed by atoms with Gasteiger partial charge in [0.15, 0.2) is 0 Å². The first kappa shape index (κ1) is 16.7. The van der Waals surface area contributed by atoms with E-state index < -0.39 is 0 Å². The van der Waals surface area contributed by atoms with Gasteiger partial charge < -0.3 is 15.4 Å². The van der Waals surface area contributed by atoms with E-state index in [1.807, 2.05) is 0 Å². The van der Waals surface area contributed by atoms with E-state index in [0.29, 0.717) is 19.7 Å². The van der Waals surface area contributed by atoms with Crippen LogP contribution < -0.4 is 10.6 Å². The van der Waals surface area contributed by atoms with Gasteiger partial charge in [0.2, 0.25) is 11.8 Å². The van der Waals surface area contributed by atoms with E-state index in [0.717, 1.165) is 12.8 Å². The molecule has 5 heteroatoms. The number of carbonyl (C=O) groups is 2. The molecule has 0 fully saturated rings. The molecule has 5 nitrogen and oxygen atoms in total. The summed E-state index contributed by atoms with van der Waals surface area (Å²) in [5, 5.41) is 5.56. The van der Waals surface area contributed by atoms with Gasteiger partial charge in [-0.1, -0.05) is 11.6 Å². The Labute approximate surface area is 121 Å². The molecule has 0 radical (unpaired) electrons. The summed E-state index contributed by atoms with van der Waals surface area (Å²) in [5.41, 5.74) is 1.45. The Balaban J connectivity index is 2.02. The minimum Gasteiger partial charge on any atom is -0.383 e. The van der Waals surface area contributed by atoms with Crippen LogP contribution >= 0.6 is 0 Å². The molecule has 0 aliphatic heterocycles. The summed E-state index contributed by atoms with van der Waals surface area (Å²) in [7, 11) is 1.58. The molecule has 1 aliphatic carbocycles. The van der Waals surface area contributed by atoms with Crippen molar-refractivity contribution in [2.24, 2.45) is 0 Å². The van der Waals surface area contributed by atoms with Crippen LogP contribution in [0.5, 0.6) is 0 Å². The third-order valence-electron chi connectivity index (χ3n) is 3.36. The van der Waals surface area contributed by atoms with Crippen molar-refractivity contribution in [2.75, 3.05) is 26.8 Å². The number of allylic oxidation sites excluding steroid dienone is 1. The molecule has 2 N–H and O–H groups in total. The molecule has 0 atom stereocenters. The van der Waals surface area contributed by atoms with Crippen molar-refractivity contribution in [3.05, 3.63) is 11.6 Å². The van der Waals surface area contributed by atoms with Gasteiger partial charge in [-0.2, -0.15) is 0 Å². The Morgan fingerprint density at radius 1 is 1.15 bits per heavy atom. The van der Waals surface area contributed by atoms with Gasteiger partial charge in [-0.25, -0.2) is 0 Å². The second-order valence-electron chi connectivity index (χ2n) is 5.05. The number of methoxy groups -OCH3 is 1. The number of rotatable bonds is 9. The molecule has 1 rings (SSSR count). The van der Waals surface area contributed by atoms with Gasteiger partial charge in [-0.05, 0) is 32.1 Å². The number of ether oxygens (including phenoxy) is 1. The van der Waals surface area contributed by atoms with E-state index in [1.54, 1.807) is 7.11 Å². The normalized spacial score (nSPS) is 14.6. The zero-order chi connectivity index (χ0) is 14.6. The SMILES string of the molecule is COCCNC(=O)CCC(=O)NCCC1=CCCCC1. The van der Waals surface area contributed by atoms with Crippen molar-refractivity contribution in [2.45, 2.75) is 44.9 Å². The fourth-order valence-corrected chi connectivity index (χ4v) is 2.19. The minimum absolute atomic E-state index is 0.0525. The first-order valence-corrected chi connectivity index (χ1v) is 7.42. The highest BCUT2D eigenvalue weighted by Crippen LogP contribution is 2.19. The van der Waals surface area contributed by atoms with Crippen molar-refractivity contribution in [3.63, 3.8) is 0 Å². The Morgan fingerprint density at radius 2 is 1.85 bits per heavy atom.